The van der Waals surface area contributed by atoms with Gasteiger partial charge in [-0.2, -0.15) is 0 Å². The van der Waals surface area contributed by atoms with Crippen molar-refractivity contribution in [2.24, 2.45) is 0 Å². The lowest BCUT2D eigenvalue weighted by Gasteiger charge is -2.49. The van der Waals surface area contributed by atoms with E-state index in [1.807, 2.05) is 30.3 Å². The number of carbonyl (C=O) groups excluding carboxylic acids is 1. The number of hydrogen-bond acceptors (Lipinski definition) is 5. The minimum Gasteiger partial charge on any atom is -0.444 e. The Hall–Kier alpha value is -2.18. The first-order valence-electron chi connectivity index (χ1n) is 9.35. The lowest BCUT2D eigenvalue weighted by Crippen LogP contribution is -2.60. The first-order chi connectivity index (χ1) is 12.6. The third-order valence-corrected chi connectivity index (χ3v) is 5.77. The Kier molecular flexibility index (Phi) is 4.78. The van der Waals surface area contributed by atoms with Crippen molar-refractivity contribution in [1.82, 2.24) is 20.1 Å². The van der Waals surface area contributed by atoms with Crippen LogP contribution in [0.5, 0.6) is 0 Å². The fourth-order valence-corrected chi connectivity index (χ4v) is 4.14. The second-order valence-corrected chi connectivity index (χ2v) is 7.47. The van der Waals surface area contributed by atoms with Gasteiger partial charge >= 0.3 is 0 Å². The van der Waals surface area contributed by atoms with Gasteiger partial charge in [-0.3, -0.25) is 14.6 Å². The van der Waals surface area contributed by atoms with E-state index >= 15 is 0 Å². The van der Waals surface area contributed by atoms with Gasteiger partial charge in [0.2, 0.25) is 11.8 Å². The lowest BCUT2D eigenvalue weighted by molar-refractivity contribution is -0.121. The summed E-state index contributed by atoms with van der Waals surface area (Å²) in [7, 11) is 2.19. The van der Waals surface area contributed by atoms with E-state index in [1.165, 1.54) is 0 Å². The van der Waals surface area contributed by atoms with Crippen LogP contribution in [0.1, 0.15) is 25.0 Å². The van der Waals surface area contributed by atoms with Gasteiger partial charge in [-0.05, 0) is 32.0 Å². The minimum absolute atomic E-state index is 0.0728. The van der Waals surface area contributed by atoms with Crippen molar-refractivity contribution in [3.63, 3.8) is 0 Å². The van der Waals surface area contributed by atoms with Gasteiger partial charge in [0.05, 0.1) is 5.69 Å². The van der Waals surface area contributed by atoms with Crippen LogP contribution in [0.25, 0.3) is 11.5 Å². The van der Waals surface area contributed by atoms with Crippen LogP contribution in [-0.2, 0) is 11.3 Å². The molecule has 0 radical (unpaired) electrons. The molecule has 0 unspecified atom stereocenters. The summed E-state index contributed by atoms with van der Waals surface area (Å²) in [6.45, 7) is 4.53. The SMILES string of the molecule is CN1CCN(Cc2coc(-c3ccccc3)n2)C[C@]12CCNC(=O)CC2. The molecule has 2 aliphatic rings. The predicted molar refractivity (Wildman–Crippen MR) is 99.4 cm³/mol. The van der Waals surface area contributed by atoms with Gasteiger partial charge in [0.15, 0.2) is 0 Å². The van der Waals surface area contributed by atoms with E-state index in [0.29, 0.717) is 12.3 Å². The molecule has 3 heterocycles. The van der Waals surface area contributed by atoms with Gasteiger partial charge in [-0.1, -0.05) is 18.2 Å². The highest BCUT2D eigenvalue weighted by atomic mass is 16.3. The summed E-state index contributed by atoms with van der Waals surface area (Å²) < 4.78 is 5.68. The van der Waals surface area contributed by atoms with Gasteiger partial charge in [0.25, 0.3) is 0 Å². The average Bonchev–Trinajstić information content (AvgIpc) is 3.04. The van der Waals surface area contributed by atoms with Crippen molar-refractivity contribution < 1.29 is 9.21 Å². The first kappa shape index (κ1) is 17.2. The van der Waals surface area contributed by atoms with E-state index in [9.17, 15) is 4.79 Å². The Morgan fingerprint density at radius 2 is 2.08 bits per heavy atom. The molecule has 6 nitrogen and oxygen atoms in total. The van der Waals surface area contributed by atoms with Crippen molar-refractivity contribution >= 4 is 5.91 Å². The number of nitrogens with one attached hydrogen (secondary N) is 1. The van der Waals surface area contributed by atoms with Crippen LogP contribution in [0.15, 0.2) is 41.0 Å². The van der Waals surface area contributed by atoms with E-state index in [0.717, 1.165) is 56.8 Å². The van der Waals surface area contributed by atoms with E-state index in [-0.39, 0.29) is 11.4 Å². The van der Waals surface area contributed by atoms with Crippen LogP contribution in [0, 0.1) is 0 Å². The number of nitrogens with zero attached hydrogens (tertiary/aromatic N) is 3. The summed E-state index contributed by atoms with van der Waals surface area (Å²) in [6.07, 6.45) is 4.30. The standard InChI is InChI=1S/C20H26N4O2/c1-23-11-12-24(15-20(23)8-7-18(25)21-10-9-20)13-17-14-26-19(22-17)16-5-3-2-4-6-16/h2-6,14H,7-13,15H2,1H3,(H,21,25)/t20-/m0/s1. The van der Waals surface area contributed by atoms with Crippen LogP contribution in [0.2, 0.25) is 0 Å². The van der Waals surface area contributed by atoms with Crippen molar-refractivity contribution in [2.45, 2.75) is 31.3 Å². The molecule has 1 aromatic heterocycles. The molecule has 2 aliphatic heterocycles. The van der Waals surface area contributed by atoms with Gasteiger partial charge < -0.3 is 9.73 Å². The van der Waals surface area contributed by atoms with Crippen molar-refractivity contribution in [1.29, 1.82) is 0 Å². The molecule has 0 aliphatic carbocycles. The number of piperazine rings is 1. The maximum atomic E-state index is 11.8. The molecule has 1 aromatic carbocycles. The smallest absolute Gasteiger partial charge is 0.226 e. The number of likely N-dealkylation sites (N-methyl/N-ethyl adjacent to an activating group) is 1. The average molecular weight is 354 g/mol. The normalized spacial score (nSPS) is 25.2. The van der Waals surface area contributed by atoms with Crippen LogP contribution in [0.3, 0.4) is 0 Å². The Balaban J connectivity index is 1.45. The monoisotopic (exact) mass is 354 g/mol. The summed E-state index contributed by atoms with van der Waals surface area (Å²) in [5.41, 5.74) is 2.04. The molecular weight excluding hydrogens is 328 g/mol. The Morgan fingerprint density at radius 3 is 2.92 bits per heavy atom. The molecular formula is C20H26N4O2. The third kappa shape index (κ3) is 3.52. The summed E-state index contributed by atoms with van der Waals surface area (Å²) in [6, 6.07) is 9.99. The van der Waals surface area contributed by atoms with Gasteiger partial charge in [-0.25, -0.2) is 4.98 Å². The largest absolute Gasteiger partial charge is 0.444 e. The Labute approximate surface area is 154 Å². The zero-order valence-electron chi connectivity index (χ0n) is 15.3. The van der Waals surface area contributed by atoms with E-state index in [2.05, 4.69) is 27.1 Å². The predicted octanol–water partition coefficient (Wildman–Crippen LogP) is 2.13. The minimum atomic E-state index is 0.0728. The molecule has 1 atom stereocenters. The molecule has 2 saturated heterocycles. The number of benzene rings is 1. The zero-order valence-corrected chi connectivity index (χ0v) is 15.3. The van der Waals surface area contributed by atoms with E-state index < -0.39 is 0 Å². The summed E-state index contributed by atoms with van der Waals surface area (Å²) >= 11 is 0. The highest BCUT2D eigenvalue weighted by Crippen LogP contribution is 2.31. The van der Waals surface area contributed by atoms with Crippen LogP contribution < -0.4 is 5.32 Å². The van der Waals surface area contributed by atoms with Gasteiger partial charge in [0.1, 0.15) is 6.26 Å². The summed E-state index contributed by atoms with van der Waals surface area (Å²) in [4.78, 5) is 21.3. The second-order valence-electron chi connectivity index (χ2n) is 7.47. The first-order valence-corrected chi connectivity index (χ1v) is 9.35. The van der Waals surface area contributed by atoms with E-state index in [1.54, 1.807) is 6.26 Å². The third-order valence-electron chi connectivity index (χ3n) is 5.77. The maximum Gasteiger partial charge on any atom is 0.226 e. The molecule has 1 amide bonds. The molecule has 2 fully saturated rings. The van der Waals surface area contributed by atoms with Crippen LogP contribution in [-0.4, -0.2) is 59.5 Å². The molecule has 1 spiro atoms. The number of hydrogen-bond donors (Lipinski definition) is 1. The van der Waals surface area contributed by atoms with Crippen molar-refractivity contribution in [3.8, 4) is 11.5 Å². The lowest BCUT2D eigenvalue weighted by atomic mass is 9.86. The second kappa shape index (κ2) is 7.21. The number of aromatic nitrogens is 1. The summed E-state index contributed by atoms with van der Waals surface area (Å²) in [5.74, 6) is 0.852. The number of amides is 1. The molecule has 0 saturated carbocycles. The fraction of sp³-hybridized carbons (Fsp3) is 0.500. The van der Waals surface area contributed by atoms with Crippen LogP contribution in [0.4, 0.5) is 0 Å². The zero-order chi connectivity index (χ0) is 18.0. The van der Waals surface area contributed by atoms with Crippen molar-refractivity contribution in [2.75, 3.05) is 33.2 Å². The highest BCUT2D eigenvalue weighted by molar-refractivity contribution is 5.76. The van der Waals surface area contributed by atoms with Crippen LogP contribution >= 0.6 is 0 Å². The topological polar surface area (TPSA) is 61.6 Å². The molecule has 26 heavy (non-hydrogen) atoms. The Bertz CT molecular complexity index is 760. The molecule has 138 valence electrons. The summed E-state index contributed by atoms with van der Waals surface area (Å²) in [5, 5.41) is 3.01. The molecule has 2 aromatic rings. The molecule has 1 N–H and O–H groups in total. The number of carbonyl (C=O) groups is 1. The van der Waals surface area contributed by atoms with Gasteiger partial charge in [-0.15, -0.1) is 0 Å². The van der Waals surface area contributed by atoms with E-state index in [4.69, 9.17) is 4.42 Å². The maximum absolute atomic E-state index is 11.8. The Morgan fingerprint density at radius 1 is 1.23 bits per heavy atom. The van der Waals surface area contributed by atoms with Gasteiger partial charge in [0, 0.05) is 50.2 Å². The number of rotatable bonds is 3. The quantitative estimate of drug-likeness (QED) is 0.915. The molecule has 0 bridgehead atoms. The highest BCUT2D eigenvalue weighted by Gasteiger charge is 2.40. The molecule has 4 rings (SSSR count). The van der Waals surface area contributed by atoms with Crippen molar-refractivity contribution in [3.05, 3.63) is 42.3 Å². The number of oxazole rings is 1. The fourth-order valence-electron chi connectivity index (χ4n) is 4.14. The molecule has 6 heteroatoms.